The van der Waals surface area contributed by atoms with Gasteiger partial charge in [0.05, 0.1) is 12.6 Å². The molecule has 2 unspecified atom stereocenters. The number of benzene rings is 1. The van der Waals surface area contributed by atoms with E-state index < -0.39 is 0 Å². The van der Waals surface area contributed by atoms with Crippen LogP contribution in [-0.2, 0) is 4.79 Å². The first-order valence-electron chi connectivity index (χ1n) is 6.10. The van der Waals surface area contributed by atoms with Crippen LogP contribution in [0.25, 0.3) is 0 Å². The summed E-state index contributed by atoms with van der Waals surface area (Å²) >= 11 is 6.24. The number of nitrogens with one attached hydrogen (secondary N) is 1. The number of nitrogens with two attached hydrogens (primary N) is 1. The molecule has 1 saturated heterocycles. The second-order valence-corrected chi connectivity index (χ2v) is 5.05. The summed E-state index contributed by atoms with van der Waals surface area (Å²) in [5.41, 5.74) is 7.07. The standard InChI is InChI=1S/C13H18ClN3O/c1-9(15)13(10-4-2-3-5-11(10)14)17-7-6-16-12(18)8-17/h2-5,9,13H,6-8,15H2,1H3,(H,16,18). The minimum Gasteiger partial charge on any atom is -0.354 e. The quantitative estimate of drug-likeness (QED) is 0.864. The fourth-order valence-electron chi connectivity index (χ4n) is 2.42. The number of nitrogens with zero attached hydrogens (tertiary/aromatic N) is 1. The van der Waals surface area contributed by atoms with Crippen molar-refractivity contribution >= 4 is 17.5 Å². The molecular weight excluding hydrogens is 250 g/mol. The molecule has 1 aliphatic rings. The first-order chi connectivity index (χ1) is 8.59. The van der Waals surface area contributed by atoms with Crippen molar-refractivity contribution in [1.29, 1.82) is 0 Å². The fourth-order valence-corrected chi connectivity index (χ4v) is 2.67. The van der Waals surface area contributed by atoms with E-state index in [0.717, 1.165) is 12.1 Å². The van der Waals surface area contributed by atoms with Crippen molar-refractivity contribution in [3.05, 3.63) is 34.9 Å². The summed E-state index contributed by atoms with van der Waals surface area (Å²) in [7, 11) is 0. The SMILES string of the molecule is CC(N)C(c1ccccc1Cl)N1CCNC(=O)C1. The maximum absolute atomic E-state index is 11.5. The normalized spacial score (nSPS) is 20.3. The van der Waals surface area contributed by atoms with Gasteiger partial charge in [0.15, 0.2) is 0 Å². The summed E-state index contributed by atoms with van der Waals surface area (Å²) in [6, 6.07) is 7.56. The Hall–Kier alpha value is -1.10. The number of hydrogen-bond acceptors (Lipinski definition) is 3. The zero-order chi connectivity index (χ0) is 13.1. The molecular formula is C13H18ClN3O. The van der Waals surface area contributed by atoms with Crippen LogP contribution in [-0.4, -0.2) is 36.5 Å². The number of amides is 1. The second kappa shape index (κ2) is 5.69. The lowest BCUT2D eigenvalue weighted by molar-refractivity contribution is -0.125. The van der Waals surface area contributed by atoms with Crippen molar-refractivity contribution in [1.82, 2.24) is 10.2 Å². The van der Waals surface area contributed by atoms with Gasteiger partial charge >= 0.3 is 0 Å². The molecule has 0 radical (unpaired) electrons. The predicted octanol–water partition coefficient (Wildman–Crippen LogP) is 1.16. The monoisotopic (exact) mass is 267 g/mol. The first-order valence-corrected chi connectivity index (χ1v) is 6.48. The van der Waals surface area contributed by atoms with Gasteiger partial charge < -0.3 is 11.1 Å². The van der Waals surface area contributed by atoms with Gasteiger partial charge in [-0.05, 0) is 18.6 Å². The molecule has 1 fully saturated rings. The highest BCUT2D eigenvalue weighted by Gasteiger charge is 2.29. The van der Waals surface area contributed by atoms with E-state index in [1.165, 1.54) is 0 Å². The summed E-state index contributed by atoms with van der Waals surface area (Å²) in [6.45, 7) is 3.77. The average Bonchev–Trinajstić information content (AvgIpc) is 2.32. The topological polar surface area (TPSA) is 58.4 Å². The van der Waals surface area contributed by atoms with Crippen molar-refractivity contribution in [2.75, 3.05) is 19.6 Å². The number of piperazine rings is 1. The molecule has 1 amide bonds. The van der Waals surface area contributed by atoms with Gasteiger partial charge in [-0.15, -0.1) is 0 Å². The minimum absolute atomic E-state index is 0.0234. The van der Waals surface area contributed by atoms with Gasteiger partial charge in [-0.3, -0.25) is 9.69 Å². The summed E-state index contributed by atoms with van der Waals surface area (Å²) in [4.78, 5) is 13.6. The summed E-state index contributed by atoms with van der Waals surface area (Å²) < 4.78 is 0. The van der Waals surface area contributed by atoms with E-state index in [1.54, 1.807) is 0 Å². The van der Waals surface area contributed by atoms with Crippen molar-refractivity contribution in [3.63, 3.8) is 0 Å². The number of carbonyl (C=O) groups excluding carboxylic acids is 1. The van der Waals surface area contributed by atoms with E-state index in [4.69, 9.17) is 17.3 Å². The van der Waals surface area contributed by atoms with Crippen molar-refractivity contribution in [2.45, 2.75) is 19.0 Å². The van der Waals surface area contributed by atoms with Gasteiger partial charge in [-0.25, -0.2) is 0 Å². The van der Waals surface area contributed by atoms with Gasteiger partial charge in [0, 0.05) is 24.2 Å². The lowest BCUT2D eigenvalue weighted by Gasteiger charge is -2.37. The predicted molar refractivity (Wildman–Crippen MR) is 72.4 cm³/mol. The molecule has 1 aromatic rings. The molecule has 0 spiro atoms. The van der Waals surface area contributed by atoms with Crippen LogP contribution in [0, 0.1) is 0 Å². The lowest BCUT2D eigenvalue weighted by atomic mass is 9.98. The molecule has 1 aliphatic heterocycles. The molecule has 1 aromatic carbocycles. The number of hydrogen-bond donors (Lipinski definition) is 2. The average molecular weight is 268 g/mol. The summed E-state index contributed by atoms with van der Waals surface area (Å²) in [5, 5.41) is 3.52. The van der Waals surface area contributed by atoms with Crippen LogP contribution in [0.5, 0.6) is 0 Å². The molecule has 98 valence electrons. The van der Waals surface area contributed by atoms with Crippen molar-refractivity contribution in [3.8, 4) is 0 Å². The Labute approximate surface area is 112 Å². The highest BCUT2D eigenvalue weighted by Crippen LogP contribution is 2.29. The Morgan fingerprint density at radius 3 is 2.78 bits per heavy atom. The van der Waals surface area contributed by atoms with Crippen LogP contribution in [0.4, 0.5) is 0 Å². The second-order valence-electron chi connectivity index (χ2n) is 4.65. The van der Waals surface area contributed by atoms with Gasteiger partial charge in [0.25, 0.3) is 0 Å². The van der Waals surface area contributed by atoms with Gasteiger partial charge in [0.2, 0.25) is 5.91 Å². The molecule has 4 nitrogen and oxygen atoms in total. The van der Waals surface area contributed by atoms with E-state index in [0.29, 0.717) is 18.1 Å². The van der Waals surface area contributed by atoms with Crippen LogP contribution in [0.2, 0.25) is 5.02 Å². The van der Waals surface area contributed by atoms with Crippen LogP contribution < -0.4 is 11.1 Å². The maximum Gasteiger partial charge on any atom is 0.234 e. The molecule has 5 heteroatoms. The smallest absolute Gasteiger partial charge is 0.234 e. The third kappa shape index (κ3) is 2.83. The molecule has 0 saturated carbocycles. The van der Waals surface area contributed by atoms with Gasteiger partial charge in [-0.2, -0.15) is 0 Å². The fraction of sp³-hybridized carbons (Fsp3) is 0.462. The number of carbonyl (C=O) groups is 1. The van der Waals surface area contributed by atoms with Gasteiger partial charge in [-0.1, -0.05) is 29.8 Å². The Bertz CT molecular complexity index is 436. The molecule has 3 N–H and O–H groups in total. The van der Waals surface area contributed by atoms with Crippen molar-refractivity contribution < 1.29 is 4.79 Å². The first kappa shape index (κ1) is 13.3. The Morgan fingerprint density at radius 2 is 2.17 bits per heavy atom. The Morgan fingerprint density at radius 1 is 1.44 bits per heavy atom. The third-order valence-corrected chi connectivity index (χ3v) is 3.53. The third-order valence-electron chi connectivity index (χ3n) is 3.18. The molecule has 0 aromatic heterocycles. The lowest BCUT2D eigenvalue weighted by Crippen LogP contribution is -2.52. The number of rotatable bonds is 3. The zero-order valence-electron chi connectivity index (χ0n) is 10.4. The van der Waals surface area contributed by atoms with E-state index >= 15 is 0 Å². The number of halogens is 1. The van der Waals surface area contributed by atoms with E-state index in [9.17, 15) is 4.79 Å². The van der Waals surface area contributed by atoms with Crippen LogP contribution in [0.15, 0.2) is 24.3 Å². The van der Waals surface area contributed by atoms with Crippen LogP contribution >= 0.6 is 11.6 Å². The highest BCUT2D eigenvalue weighted by atomic mass is 35.5. The summed E-state index contributed by atoms with van der Waals surface area (Å²) in [6.07, 6.45) is 0. The largest absolute Gasteiger partial charge is 0.354 e. The van der Waals surface area contributed by atoms with Crippen molar-refractivity contribution in [2.24, 2.45) is 5.73 Å². The van der Waals surface area contributed by atoms with E-state index in [-0.39, 0.29) is 18.0 Å². The molecule has 0 bridgehead atoms. The van der Waals surface area contributed by atoms with E-state index in [1.807, 2.05) is 31.2 Å². The highest BCUT2D eigenvalue weighted by molar-refractivity contribution is 6.31. The Kier molecular flexibility index (Phi) is 4.22. The molecule has 2 rings (SSSR count). The van der Waals surface area contributed by atoms with Crippen LogP contribution in [0.1, 0.15) is 18.5 Å². The van der Waals surface area contributed by atoms with Crippen LogP contribution in [0.3, 0.4) is 0 Å². The molecule has 2 atom stereocenters. The molecule has 1 heterocycles. The minimum atomic E-state index is -0.0872. The Balaban J connectivity index is 2.28. The summed E-state index contributed by atoms with van der Waals surface area (Å²) in [5.74, 6) is 0.0407. The van der Waals surface area contributed by atoms with Gasteiger partial charge in [0.1, 0.15) is 0 Å². The molecule has 18 heavy (non-hydrogen) atoms. The van der Waals surface area contributed by atoms with E-state index in [2.05, 4.69) is 10.2 Å². The molecule has 0 aliphatic carbocycles. The zero-order valence-corrected chi connectivity index (χ0v) is 11.2. The maximum atomic E-state index is 11.5.